The van der Waals surface area contributed by atoms with Crippen molar-refractivity contribution in [3.05, 3.63) is 64.5 Å². The number of hydrogen-bond donors (Lipinski definition) is 2. The number of rotatable bonds is 3. The number of nitrogens with one attached hydrogen (secondary N) is 1. The molecule has 1 amide bonds. The Morgan fingerprint density at radius 1 is 1.00 bits per heavy atom. The number of halogens is 3. The van der Waals surface area contributed by atoms with Gasteiger partial charge in [0.1, 0.15) is 0 Å². The molecule has 0 aliphatic carbocycles. The number of hydrogen-bond acceptors (Lipinski definition) is 2. The molecule has 0 aliphatic rings. The molecule has 0 atom stereocenters. The molecule has 114 valence electrons. The second-order valence-corrected chi connectivity index (χ2v) is 4.53. The Morgan fingerprint density at radius 2 is 1.68 bits per heavy atom. The van der Waals surface area contributed by atoms with E-state index in [1.807, 2.05) is 0 Å². The van der Waals surface area contributed by atoms with E-state index in [4.69, 9.17) is 5.11 Å². The molecule has 7 heteroatoms. The first-order valence-electron chi connectivity index (χ1n) is 6.10. The number of anilines is 1. The fourth-order valence-electron chi connectivity index (χ4n) is 1.83. The Balaban J connectivity index is 2.38. The van der Waals surface area contributed by atoms with Crippen molar-refractivity contribution < 1.29 is 27.9 Å². The molecule has 0 bridgehead atoms. The molecular weight excluding hydrogens is 299 g/mol. The lowest BCUT2D eigenvalue weighted by molar-refractivity contribution is 0.0698. The normalized spacial score (nSPS) is 10.4. The molecule has 0 spiro atoms. The van der Waals surface area contributed by atoms with Crippen LogP contribution in [0.25, 0.3) is 0 Å². The van der Waals surface area contributed by atoms with Crippen molar-refractivity contribution in [2.75, 3.05) is 5.32 Å². The molecule has 2 N–H and O–H groups in total. The molecule has 0 fully saturated rings. The van der Waals surface area contributed by atoms with Crippen LogP contribution in [0.1, 0.15) is 26.3 Å². The van der Waals surface area contributed by atoms with Gasteiger partial charge in [0.2, 0.25) is 0 Å². The van der Waals surface area contributed by atoms with Crippen LogP contribution in [-0.4, -0.2) is 17.0 Å². The number of aromatic carboxylic acids is 1. The number of carbonyl (C=O) groups excluding carboxylic acids is 1. The van der Waals surface area contributed by atoms with Gasteiger partial charge in [-0.15, -0.1) is 0 Å². The van der Waals surface area contributed by atoms with Crippen molar-refractivity contribution in [1.82, 2.24) is 0 Å². The van der Waals surface area contributed by atoms with Gasteiger partial charge in [-0.2, -0.15) is 0 Å². The van der Waals surface area contributed by atoms with Crippen molar-refractivity contribution in [1.29, 1.82) is 0 Å². The fourth-order valence-corrected chi connectivity index (χ4v) is 1.83. The Hall–Kier alpha value is -2.83. The van der Waals surface area contributed by atoms with Crippen LogP contribution < -0.4 is 5.32 Å². The summed E-state index contributed by atoms with van der Waals surface area (Å²) < 4.78 is 39.5. The second kappa shape index (κ2) is 5.88. The van der Waals surface area contributed by atoms with E-state index in [2.05, 4.69) is 5.32 Å². The van der Waals surface area contributed by atoms with Gasteiger partial charge in [0.25, 0.3) is 5.91 Å². The van der Waals surface area contributed by atoms with E-state index in [1.54, 1.807) is 13.0 Å². The first-order valence-corrected chi connectivity index (χ1v) is 6.10. The maximum Gasteiger partial charge on any atom is 0.337 e. The number of benzene rings is 2. The van der Waals surface area contributed by atoms with Gasteiger partial charge in [-0.25, -0.2) is 18.0 Å². The van der Waals surface area contributed by atoms with Gasteiger partial charge in [-0.3, -0.25) is 4.79 Å². The summed E-state index contributed by atoms with van der Waals surface area (Å²) in [6, 6.07) is 5.58. The summed E-state index contributed by atoms with van der Waals surface area (Å²) in [6.45, 7) is 1.66. The number of amides is 1. The molecule has 22 heavy (non-hydrogen) atoms. The lowest BCUT2D eigenvalue weighted by Crippen LogP contribution is -2.17. The molecule has 0 aliphatic heterocycles. The molecule has 0 heterocycles. The fraction of sp³-hybridized carbons (Fsp3) is 0.0667. The van der Waals surface area contributed by atoms with E-state index in [0.29, 0.717) is 11.6 Å². The van der Waals surface area contributed by atoms with E-state index in [0.717, 1.165) is 6.07 Å². The van der Waals surface area contributed by atoms with Crippen LogP contribution >= 0.6 is 0 Å². The average molecular weight is 309 g/mol. The third-order valence-electron chi connectivity index (χ3n) is 2.93. The number of carbonyl (C=O) groups is 2. The summed E-state index contributed by atoms with van der Waals surface area (Å²) in [5, 5.41) is 11.2. The van der Waals surface area contributed by atoms with E-state index >= 15 is 0 Å². The minimum atomic E-state index is -1.77. The highest BCUT2D eigenvalue weighted by atomic mass is 19.2. The van der Waals surface area contributed by atoms with Crippen molar-refractivity contribution in [2.45, 2.75) is 6.92 Å². The summed E-state index contributed by atoms with van der Waals surface area (Å²) >= 11 is 0. The third kappa shape index (κ3) is 2.93. The third-order valence-corrected chi connectivity index (χ3v) is 2.93. The minimum Gasteiger partial charge on any atom is -0.478 e. The summed E-state index contributed by atoms with van der Waals surface area (Å²) in [4.78, 5) is 23.0. The summed E-state index contributed by atoms with van der Waals surface area (Å²) in [7, 11) is 0. The van der Waals surface area contributed by atoms with Crippen molar-refractivity contribution in [3.8, 4) is 0 Å². The number of aryl methyl sites for hydroxylation is 1. The number of carboxylic acid groups (broad SMARTS) is 1. The second-order valence-electron chi connectivity index (χ2n) is 4.53. The zero-order valence-corrected chi connectivity index (χ0v) is 11.3. The zero-order chi connectivity index (χ0) is 16.4. The summed E-state index contributed by atoms with van der Waals surface area (Å²) in [6.07, 6.45) is 0. The lowest BCUT2D eigenvalue weighted by Gasteiger charge is -2.10. The monoisotopic (exact) mass is 309 g/mol. The van der Waals surface area contributed by atoms with E-state index in [-0.39, 0.29) is 11.3 Å². The zero-order valence-electron chi connectivity index (χ0n) is 11.3. The van der Waals surface area contributed by atoms with Crippen molar-refractivity contribution >= 4 is 17.6 Å². The van der Waals surface area contributed by atoms with E-state index in [1.165, 1.54) is 12.1 Å². The molecule has 2 aromatic carbocycles. The van der Waals surface area contributed by atoms with Gasteiger partial charge < -0.3 is 10.4 Å². The molecular formula is C15H10F3NO3. The molecule has 0 radical (unpaired) electrons. The Bertz CT molecular complexity index is 775. The molecule has 0 saturated heterocycles. The SMILES string of the molecule is Cc1ccc(NC(=O)c2ccc(F)c(F)c2F)c(C(=O)O)c1. The number of carboxylic acids is 1. The van der Waals surface area contributed by atoms with Crippen LogP contribution in [0, 0.1) is 24.4 Å². The highest BCUT2D eigenvalue weighted by Crippen LogP contribution is 2.20. The molecule has 0 unspecified atom stereocenters. The minimum absolute atomic E-state index is 0.0766. The van der Waals surface area contributed by atoms with Gasteiger partial charge in [-0.05, 0) is 31.2 Å². The predicted octanol–water partition coefficient (Wildman–Crippen LogP) is 3.36. The van der Waals surface area contributed by atoms with Gasteiger partial charge >= 0.3 is 5.97 Å². The first-order chi connectivity index (χ1) is 10.3. The average Bonchev–Trinajstić information content (AvgIpc) is 2.46. The van der Waals surface area contributed by atoms with Crippen molar-refractivity contribution in [3.63, 3.8) is 0 Å². The molecule has 2 aromatic rings. The molecule has 0 saturated carbocycles. The smallest absolute Gasteiger partial charge is 0.337 e. The van der Waals surface area contributed by atoms with Crippen molar-refractivity contribution in [2.24, 2.45) is 0 Å². The maximum absolute atomic E-state index is 13.5. The van der Waals surface area contributed by atoms with Crippen LogP contribution in [0.4, 0.5) is 18.9 Å². The van der Waals surface area contributed by atoms with Gasteiger partial charge in [0.05, 0.1) is 16.8 Å². The Labute approximate surface area is 123 Å². The highest BCUT2D eigenvalue weighted by Gasteiger charge is 2.20. The quantitative estimate of drug-likeness (QED) is 0.854. The highest BCUT2D eigenvalue weighted by molar-refractivity contribution is 6.07. The summed E-state index contributed by atoms with van der Waals surface area (Å²) in [5.41, 5.74) is -0.353. The van der Waals surface area contributed by atoms with Crippen LogP contribution in [0.3, 0.4) is 0 Å². The Kier molecular flexibility index (Phi) is 4.16. The van der Waals surface area contributed by atoms with Gasteiger partial charge in [-0.1, -0.05) is 11.6 Å². The topological polar surface area (TPSA) is 66.4 Å². The van der Waals surface area contributed by atoms with Gasteiger partial charge in [0.15, 0.2) is 17.5 Å². The van der Waals surface area contributed by atoms with Gasteiger partial charge in [0, 0.05) is 0 Å². The largest absolute Gasteiger partial charge is 0.478 e. The maximum atomic E-state index is 13.5. The van der Waals surface area contributed by atoms with Crippen LogP contribution in [0.15, 0.2) is 30.3 Å². The van der Waals surface area contributed by atoms with E-state index in [9.17, 15) is 22.8 Å². The predicted molar refractivity (Wildman–Crippen MR) is 72.4 cm³/mol. The van der Waals surface area contributed by atoms with Crippen LogP contribution in [0.5, 0.6) is 0 Å². The Morgan fingerprint density at radius 3 is 2.32 bits per heavy atom. The first kappa shape index (κ1) is 15.6. The molecule has 2 rings (SSSR count). The standard InChI is InChI=1S/C15H10F3NO3/c1-7-2-5-11(9(6-7)15(21)22)19-14(20)8-3-4-10(16)13(18)12(8)17/h2-6H,1H3,(H,19,20)(H,21,22). The molecule has 4 nitrogen and oxygen atoms in total. The van der Waals surface area contributed by atoms with Crippen LogP contribution in [-0.2, 0) is 0 Å². The van der Waals surface area contributed by atoms with Crippen LogP contribution in [0.2, 0.25) is 0 Å². The lowest BCUT2D eigenvalue weighted by atomic mass is 10.1. The molecule has 0 aromatic heterocycles. The van der Waals surface area contributed by atoms with E-state index < -0.39 is 34.9 Å². The summed E-state index contributed by atoms with van der Waals surface area (Å²) in [5.74, 6) is -7.19.